The highest BCUT2D eigenvalue weighted by Gasteiger charge is 2.08. The summed E-state index contributed by atoms with van der Waals surface area (Å²) in [6.07, 6.45) is 4.97. The normalized spacial score (nSPS) is 11.6. The first kappa shape index (κ1) is 13.5. The predicted molar refractivity (Wildman–Crippen MR) is 89.6 cm³/mol. The molecule has 0 unspecified atom stereocenters. The van der Waals surface area contributed by atoms with Gasteiger partial charge in [-0.15, -0.1) is 11.3 Å². The van der Waals surface area contributed by atoms with Gasteiger partial charge in [-0.05, 0) is 31.2 Å². The highest BCUT2D eigenvalue weighted by molar-refractivity contribution is 7.17. The molecule has 0 radical (unpaired) electrons. The summed E-state index contributed by atoms with van der Waals surface area (Å²) in [6, 6.07) is 9.73. The van der Waals surface area contributed by atoms with E-state index in [0.29, 0.717) is 0 Å². The number of nitrogens with one attached hydrogen (secondary N) is 2. The van der Waals surface area contributed by atoms with Crippen LogP contribution in [0.15, 0.2) is 48.0 Å². The molecule has 0 amide bonds. The number of anilines is 2. The van der Waals surface area contributed by atoms with Gasteiger partial charge in [-0.1, -0.05) is 12.1 Å². The highest BCUT2D eigenvalue weighted by Crippen LogP contribution is 2.31. The summed E-state index contributed by atoms with van der Waals surface area (Å²) in [6.45, 7) is 1.91. The lowest BCUT2D eigenvalue weighted by atomic mass is 10.1. The molecule has 0 atom stereocenters. The topological polar surface area (TPSA) is 61.7 Å². The fraction of sp³-hybridized carbons (Fsp3) is 0.0625. The minimum atomic E-state index is 0.794. The molecule has 0 aliphatic heterocycles. The standard InChI is InChI=1S/C16H14N4S/c1-2-11(9-17)12-6-7-14-16(20-12)13(10-21-14)19-15-5-3-4-8-18-15/h2-10,17H,1H3,(H,18,19)/b11-2+,17-9?. The Hall–Kier alpha value is -2.53. The summed E-state index contributed by atoms with van der Waals surface area (Å²) in [5, 5.41) is 12.8. The lowest BCUT2D eigenvalue weighted by Crippen LogP contribution is -1.94. The minimum absolute atomic E-state index is 0.794. The summed E-state index contributed by atoms with van der Waals surface area (Å²) in [5.41, 5.74) is 3.47. The largest absolute Gasteiger partial charge is 0.338 e. The van der Waals surface area contributed by atoms with E-state index >= 15 is 0 Å². The van der Waals surface area contributed by atoms with Crippen molar-refractivity contribution in [2.75, 3.05) is 5.32 Å². The maximum absolute atomic E-state index is 7.45. The molecule has 3 rings (SSSR count). The van der Waals surface area contributed by atoms with E-state index in [1.165, 1.54) is 6.21 Å². The van der Waals surface area contributed by atoms with E-state index in [9.17, 15) is 0 Å². The summed E-state index contributed by atoms with van der Waals surface area (Å²) in [7, 11) is 0. The van der Waals surface area contributed by atoms with Gasteiger partial charge in [0.15, 0.2) is 0 Å². The number of thiophene rings is 1. The van der Waals surface area contributed by atoms with Crippen LogP contribution in [0.3, 0.4) is 0 Å². The van der Waals surface area contributed by atoms with Crippen LogP contribution >= 0.6 is 11.3 Å². The summed E-state index contributed by atoms with van der Waals surface area (Å²) < 4.78 is 1.11. The van der Waals surface area contributed by atoms with Crippen LogP contribution in [-0.4, -0.2) is 16.2 Å². The molecule has 3 aromatic rings. The molecule has 0 spiro atoms. The van der Waals surface area contributed by atoms with Gasteiger partial charge in [0.05, 0.1) is 16.1 Å². The Morgan fingerprint density at radius 2 is 2.19 bits per heavy atom. The second kappa shape index (κ2) is 5.85. The molecule has 3 aromatic heterocycles. The molecular formula is C16H14N4S. The van der Waals surface area contributed by atoms with E-state index in [4.69, 9.17) is 5.41 Å². The average Bonchev–Trinajstić information content (AvgIpc) is 2.92. The molecular weight excluding hydrogens is 280 g/mol. The SMILES string of the molecule is C/C=C(\C=N)c1ccc2scc(Nc3ccccn3)c2n1. The second-order valence-electron chi connectivity index (χ2n) is 4.42. The van der Waals surface area contributed by atoms with Gasteiger partial charge in [-0.3, -0.25) is 0 Å². The monoisotopic (exact) mass is 294 g/mol. The van der Waals surface area contributed by atoms with Crippen molar-refractivity contribution in [2.45, 2.75) is 6.92 Å². The van der Waals surface area contributed by atoms with Crippen LogP contribution in [0, 0.1) is 5.41 Å². The molecule has 0 saturated heterocycles. The highest BCUT2D eigenvalue weighted by atomic mass is 32.1. The second-order valence-corrected chi connectivity index (χ2v) is 5.33. The number of hydrogen-bond acceptors (Lipinski definition) is 5. The van der Waals surface area contributed by atoms with E-state index in [2.05, 4.69) is 15.3 Å². The Kier molecular flexibility index (Phi) is 3.75. The van der Waals surface area contributed by atoms with Gasteiger partial charge < -0.3 is 10.7 Å². The van der Waals surface area contributed by atoms with Gasteiger partial charge >= 0.3 is 0 Å². The molecule has 0 bridgehead atoms. The molecule has 0 aliphatic carbocycles. The van der Waals surface area contributed by atoms with Crippen LogP contribution in [0.5, 0.6) is 0 Å². The Labute approximate surface area is 126 Å². The zero-order chi connectivity index (χ0) is 14.7. The average molecular weight is 294 g/mol. The van der Waals surface area contributed by atoms with E-state index in [1.54, 1.807) is 17.5 Å². The molecule has 0 fully saturated rings. The lowest BCUT2D eigenvalue weighted by Gasteiger charge is -2.05. The fourth-order valence-electron chi connectivity index (χ4n) is 2.04. The lowest BCUT2D eigenvalue weighted by molar-refractivity contribution is 1.30. The maximum Gasteiger partial charge on any atom is 0.130 e. The Bertz CT molecular complexity index is 806. The maximum atomic E-state index is 7.45. The van der Waals surface area contributed by atoms with Gasteiger partial charge in [0.25, 0.3) is 0 Å². The first-order valence-corrected chi connectivity index (χ1v) is 7.43. The van der Waals surface area contributed by atoms with Gasteiger partial charge in [0, 0.05) is 23.4 Å². The van der Waals surface area contributed by atoms with Crippen molar-refractivity contribution in [2.24, 2.45) is 0 Å². The quantitative estimate of drug-likeness (QED) is 0.697. The van der Waals surface area contributed by atoms with Crippen LogP contribution in [0.25, 0.3) is 15.8 Å². The zero-order valence-corrected chi connectivity index (χ0v) is 12.3. The zero-order valence-electron chi connectivity index (χ0n) is 11.5. The molecule has 21 heavy (non-hydrogen) atoms. The van der Waals surface area contributed by atoms with Crippen molar-refractivity contribution in [3.05, 3.63) is 53.7 Å². The molecule has 2 N–H and O–H groups in total. The summed E-state index contributed by atoms with van der Waals surface area (Å²) in [5.74, 6) is 0.794. The number of nitrogens with zero attached hydrogens (tertiary/aromatic N) is 2. The number of aromatic nitrogens is 2. The van der Waals surface area contributed by atoms with Crippen LogP contribution in [-0.2, 0) is 0 Å². The number of allylic oxidation sites excluding steroid dienone is 2. The first-order chi connectivity index (χ1) is 10.3. The number of rotatable bonds is 4. The first-order valence-electron chi connectivity index (χ1n) is 6.55. The van der Waals surface area contributed by atoms with Crippen molar-refractivity contribution < 1.29 is 0 Å². The molecule has 3 heterocycles. The number of hydrogen-bond donors (Lipinski definition) is 2. The van der Waals surface area contributed by atoms with Crippen molar-refractivity contribution in [3.63, 3.8) is 0 Å². The molecule has 4 nitrogen and oxygen atoms in total. The van der Waals surface area contributed by atoms with Gasteiger partial charge in [-0.25, -0.2) is 9.97 Å². The van der Waals surface area contributed by atoms with Gasteiger partial charge in [0.1, 0.15) is 11.3 Å². The van der Waals surface area contributed by atoms with Crippen molar-refractivity contribution in [1.82, 2.24) is 9.97 Å². The van der Waals surface area contributed by atoms with Crippen molar-refractivity contribution in [1.29, 1.82) is 5.41 Å². The smallest absolute Gasteiger partial charge is 0.130 e. The summed E-state index contributed by atoms with van der Waals surface area (Å²) in [4.78, 5) is 8.94. The van der Waals surface area contributed by atoms with Crippen molar-refractivity contribution >= 4 is 44.8 Å². The third-order valence-electron chi connectivity index (χ3n) is 3.11. The molecule has 5 heteroatoms. The third kappa shape index (κ3) is 2.68. The van der Waals surface area contributed by atoms with E-state index in [-0.39, 0.29) is 0 Å². The predicted octanol–water partition coefficient (Wildman–Crippen LogP) is 4.49. The van der Waals surface area contributed by atoms with E-state index in [1.807, 2.05) is 48.7 Å². The molecule has 0 aromatic carbocycles. The van der Waals surface area contributed by atoms with E-state index < -0.39 is 0 Å². The van der Waals surface area contributed by atoms with Crippen LogP contribution in [0.4, 0.5) is 11.5 Å². The molecule has 0 saturated carbocycles. The van der Waals surface area contributed by atoms with E-state index in [0.717, 1.165) is 33.0 Å². The van der Waals surface area contributed by atoms with Gasteiger partial charge in [-0.2, -0.15) is 0 Å². The number of fused-ring (bicyclic) bond motifs is 1. The van der Waals surface area contributed by atoms with Crippen LogP contribution in [0.1, 0.15) is 12.6 Å². The molecule has 0 aliphatic rings. The van der Waals surface area contributed by atoms with Crippen LogP contribution < -0.4 is 5.32 Å². The van der Waals surface area contributed by atoms with Gasteiger partial charge in [0.2, 0.25) is 0 Å². The van der Waals surface area contributed by atoms with Crippen molar-refractivity contribution in [3.8, 4) is 0 Å². The number of pyridine rings is 2. The Morgan fingerprint density at radius 1 is 1.29 bits per heavy atom. The summed E-state index contributed by atoms with van der Waals surface area (Å²) >= 11 is 1.64. The fourth-order valence-corrected chi connectivity index (χ4v) is 2.87. The Balaban J connectivity index is 2.04. The Morgan fingerprint density at radius 3 is 2.90 bits per heavy atom. The minimum Gasteiger partial charge on any atom is -0.338 e. The van der Waals surface area contributed by atoms with Crippen LogP contribution in [0.2, 0.25) is 0 Å². The molecule has 104 valence electrons. The third-order valence-corrected chi connectivity index (χ3v) is 4.04.